The van der Waals surface area contributed by atoms with Gasteiger partial charge in [-0.25, -0.2) is 4.68 Å². The predicted octanol–water partition coefficient (Wildman–Crippen LogP) is 2.91. The summed E-state index contributed by atoms with van der Waals surface area (Å²) in [4.78, 5) is 0. The number of nitrogens with one attached hydrogen (secondary N) is 1. The smallest absolute Gasteiger partial charge is 0.0969 e. The lowest BCUT2D eigenvalue weighted by Gasteiger charge is -2.02. The van der Waals surface area contributed by atoms with Gasteiger partial charge in [-0.2, -0.15) is 0 Å². The third-order valence-corrected chi connectivity index (χ3v) is 4.13. The number of hydrogen-bond donors (Lipinski definition) is 1. The Morgan fingerprint density at radius 1 is 1.00 bits per heavy atom. The summed E-state index contributed by atoms with van der Waals surface area (Å²) in [5, 5.41) is 12.0. The number of nitrogens with zero attached hydrogens (tertiary/aromatic N) is 3. The van der Waals surface area contributed by atoms with E-state index in [-0.39, 0.29) is 0 Å². The molecule has 1 N–H and O–H groups in total. The van der Waals surface area contributed by atoms with Gasteiger partial charge in [-0.1, -0.05) is 53.7 Å². The summed E-state index contributed by atoms with van der Waals surface area (Å²) in [6.07, 6.45) is 3.19. The second kappa shape index (κ2) is 5.73. The van der Waals surface area contributed by atoms with Gasteiger partial charge in [0.1, 0.15) is 0 Å². The summed E-state index contributed by atoms with van der Waals surface area (Å²) < 4.78 is 1.82. The van der Waals surface area contributed by atoms with Crippen molar-refractivity contribution in [1.29, 1.82) is 0 Å². The Bertz CT molecular complexity index is 736. The van der Waals surface area contributed by atoms with Crippen molar-refractivity contribution in [3.63, 3.8) is 0 Å². The van der Waals surface area contributed by atoms with Gasteiger partial charge in [0.2, 0.25) is 0 Å². The van der Waals surface area contributed by atoms with Crippen LogP contribution in [-0.2, 0) is 6.54 Å². The normalized spacial score (nSPS) is 20.0. The topological polar surface area (TPSA) is 42.7 Å². The Balaban J connectivity index is 1.35. The Hall–Kier alpha value is -2.46. The number of aromatic nitrogens is 3. The molecule has 1 aromatic heterocycles. The zero-order valence-electron chi connectivity index (χ0n) is 12.3. The van der Waals surface area contributed by atoms with Crippen molar-refractivity contribution in [2.75, 3.05) is 0 Å². The summed E-state index contributed by atoms with van der Waals surface area (Å²) >= 11 is 0. The fourth-order valence-electron chi connectivity index (χ4n) is 2.81. The van der Waals surface area contributed by atoms with Crippen LogP contribution in [0.15, 0.2) is 66.9 Å². The van der Waals surface area contributed by atoms with E-state index >= 15 is 0 Å². The molecule has 4 rings (SSSR count). The minimum absolute atomic E-state index is 0.560. The van der Waals surface area contributed by atoms with Gasteiger partial charge in [0.15, 0.2) is 0 Å². The Morgan fingerprint density at radius 3 is 2.50 bits per heavy atom. The van der Waals surface area contributed by atoms with Crippen LogP contribution in [0.1, 0.15) is 23.6 Å². The van der Waals surface area contributed by atoms with Crippen LogP contribution in [0.2, 0.25) is 0 Å². The SMILES string of the molecule is c1ccc([C@@H]2C[C@H]2NCc2cn(-c3ccccc3)nn2)cc1. The fourth-order valence-corrected chi connectivity index (χ4v) is 2.81. The minimum atomic E-state index is 0.560. The molecule has 22 heavy (non-hydrogen) atoms. The molecule has 1 heterocycles. The van der Waals surface area contributed by atoms with Gasteiger partial charge in [-0.3, -0.25) is 0 Å². The van der Waals surface area contributed by atoms with Crippen LogP contribution < -0.4 is 5.32 Å². The zero-order chi connectivity index (χ0) is 14.8. The van der Waals surface area contributed by atoms with Crippen LogP contribution in [0.5, 0.6) is 0 Å². The van der Waals surface area contributed by atoms with Crippen molar-refractivity contribution in [2.45, 2.75) is 24.9 Å². The molecule has 0 amide bonds. The van der Waals surface area contributed by atoms with Crippen LogP contribution in [0.25, 0.3) is 5.69 Å². The lowest BCUT2D eigenvalue weighted by Crippen LogP contribution is -2.17. The molecule has 1 aliphatic rings. The molecular weight excluding hydrogens is 272 g/mol. The average Bonchev–Trinajstić information content (AvgIpc) is 3.22. The standard InChI is InChI=1S/C18H18N4/c1-3-7-14(8-4-1)17-11-18(17)19-12-15-13-22(21-20-15)16-9-5-2-6-10-16/h1-10,13,17-19H,11-12H2/t17-,18+/m0/s1. The Morgan fingerprint density at radius 2 is 1.73 bits per heavy atom. The molecular formula is C18H18N4. The summed E-state index contributed by atoms with van der Waals surface area (Å²) in [6.45, 7) is 0.765. The van der Waals surface area contributed by atoms with E-state index in [1.54, 1.807) is 0 Å². The molecule has 0 radical (unpaired) electrons. The second-order valence-electron chi connectivity index (χ2n) is 5.73. The number of para-hydroxylation sites is 1. The van der Waals surface area contributed by atoms with Crippen molar-refractivity contribution >= 4 is 0 Å². The molecule has 0 saturated heterocycles. The highest BCUT2D eigenvalue weighted by Crippen LogP contribution is 2.40. The molecule has 0 aliphatic heterocycles. The highest BCUT2D eigenvalue weighted by atomic mass is 15.4. The molecule has 1 aliphatic carbocycles. The van der Waals surface area contributed by atoms with Crippen molar-refractivity contribution in [2.24, 2.45) is 0 Å². The largest absolute Gasteiger partial charge is 0.308 e. The summed E-state index contributed by atoms with van der Waals surface area (Å²) in [6, 6.07) is 21.3. The van der Waals surface area contributed by atoms with Crippen LogP contribution in [0.4, 0.5) is 0 Å². The highest BCUT2D eigenvalue weighted by molar-refractivity contribution is 5.30. The number of rotatable bonds is 5. The first-order valence-corrected chi connectivity index (χ1v) is 7.65. The van der Waals surface area contributed by atoms with E-state index in [1.165, 1.54) is 12.0 Å². The van der Waals surface area contributed by atoms with Gasteiger partial charge in [-0.05, 0) is 24.1 Å². The Labute approximate surface area is 129 Å². The van der Waals surface area contributed by atoms with Gasteiger partial charge in [0.05, 0.1) is 17.6 Å². The first kappa shape index (κ1) is 13.2. The first-order valence-electron chi connectivity index (χ1n) is 7.65. The molecule has 0 bridgehead atoms. The van der Waals surface area contributed by atoms with Gasteiger partial charge < -0.3 is 5.32 Å². The van der Waals surface area contributed by atoms with Crippen molar-refractivity contribution in [1.82, 2.24) is 20.3 Å². The van der Waals surface area contributed by atoms with Crippen molar-refractivity contribution in [3.8, 4) is 5.69 Å². The molecule has 3 aromatic rings. The molecule has 0 spiro atoms. The van der Waals surface area contributed by atoms with Gasteiger partial charge in [-0.15, -0.1) is 5.10 Å². The van der Waals surface area contributed by atoms with Crippen LogP contribution >= 0.6 is 0 Å². The van der Waals surface area contributed by atoms with Crippen molar-refractivity contribution < 1.29 is 0 Å². The maximum atomic E-state index is 4.24. The minimum Gasteiger partial charge on any atom is -0.308 e. The molecule has 4 heteroatoms. The first-order chi connectivity index (χ1) is 10.9. The highest BCUT2D eigenvalue weighted by Gasteiger charge is 2.37. The third-order valence-electron chi connectivity index (χ3n) is 4.13. The summed E-state index contributed by atoms with van der Waals surface area (Å²) in [5.74, 6) is 0.644. The van der Waals surface area contributed by atoms with Gasteiger partial charge in [0.25, 0.3) is 0 Å². The van der Waals surface area contributed by atoms with E-state index in [0.717, 1.165) is 17.9 Å². The molecule has 4 nitrogen and oxygen atoms in total. The maximum Gasteiger partial charge on any atom is 0.0969 e. The second-order valence-corrected chi connectivity index (χ2v) is 5.73. The summed E-state index contributed by atoms with van der Waals surface area (Å²) in [5.41, 5.74) is 3.44. The van der Waals surface area contributed by atoms with Gasteiger partial charge in [0, 0.05) is 18.5 Å². The van der Waals surface area contributed by atoms with E-state index < -0.39 is 0 Å². The number of benzene rings is 2. The number of hydrogen-bond acceptors (Lipinski definition) is 3. The van der Waals surface area contributed by atoms with Crippen LogP contribution in [-0.4, -0.2) is 21.0 Å². The monoisotopic (exact) mass is 290 g/mol. The molecule has 1 saturated carbocycles. The fraction of sp³-hybridized carbons (Fsp3) is 0.222. The zero-order valence-corrected chi connectivity index (χ0v) is 12.3. The van der Waals surface area contributed by atoms with E-state index in [4.69, 9.17) is 0 Å². The molecule has 0 unspecified atom stereocenters. The van der Waals surface area contributed by atoms with E-state index in [1.807, 2.05) is 41.2 Å². The van der Waals surface area contributed by atoms with E-state index in [2.05, 4.69) is 46.0 Å². The average molecular weight is 290 g/mol. The summed E-state index contributed by atoms with van der Waals surface area (Å²) in [7, 11) is 0. The van der Waals surface area contributed by atoms with Crippen LogP contribution in [0, 0.1) is 0 Å². The third kappa shape index (κ3) is 2.78. The molecule has 110 valence electrons. The Kier molecular flexibility index (Phi) is 3.45. The van der Waals surface area contributed by atoms with Crippen LogP contribution in [0.3, 0.4) is 0 Å². The molecule has 2 aromatic carbocycles. The lowest BCUT2D eigenvalue weighted by molar-refractivity contribution is 0.658. The lowest BCUT2D eigenvalue weighted by atomic mass is 10.1. The molecule has 1 fully saturated rings. The quantitative estimate of drug-likeness (QED) is 0.785. The van der Waals surface area contributed by atoms with Gasteiger partial charge >= 0.3 is 0 Å². The van der Waals surface area contributed by atoms with Crippen molar-refractivity contribution in [3.05, 3.63) is 78.1 Å². The molecule has 2 atom stereocenters. The van der Waals surface area contributed by atoms with E-state index in [9.17, 15) is 0 Å². The van der Waals surface area contributed by atoms with E-state index in [0.29, 0.717) is 12.0 Å². The maximum absolute atomic E-state index is 4.24. The predicted molar refractivity (Wildman–Crippen MR) is 85.8 cm³/mol.